The first-order chi connectivity index (χ1) is 44.2. The fourth-order valence-corrected chi connectivity index (χ4v) is 7.23. The number of carboxylic acid groups (broad SMARTS) is 2. The van der Waals surface area contributed by atoms with Gasteiger partial charge in [0.1, 0.15) is 23.7 Å². The quantitative estimate of drug-likeness (QED) is 0.00563. The molecule has 6 rings (SSSR count). The number of hydrogen-bond donors (Lipinski definition) is 11. The number of carbonyl (C=O) groups excluding carboxylic acids is 8. The van der Waals surface area contributed by atoms with Gasteiger partial charge in [0.2, 0.25) is 5.91 Å². The van der Waals surface area contributed by atoms with Gasteiger partial charge in [0.25, 0.3) is 0 Å². The normalized spacial score (nSPS) is 9.43. The molecule has 0 aliphatic heterocycles. The molecule has 0 saturated carbocycles. The third kappa shape index (κ3) is 31.4. The van der Waals surface area contributed by atoms with Gasteiger partial charge in [-0.2, -0.15) is 0 Å². The highest BCUT2D eigenvalue weighted by Gasteiger charge is 2.15. The maximum absolute atomic E-state index is 11.8. The first kappa shape index (κ1) is 80.1. The van der Waals surface area contributed by atoms with Crippen molar-refractivity contribution in [3.8, 4) is 34.9 Å². The number of aromatic carboxylic acids is 1. The molecule has 0 spiro atoms. The molecular formula is C58H64B4N12O18S. The molecule has 0 bridgehead atoms. The number of esters is 3. The SMILES string of the molecule is CC#CC#CC#CSOOO.CNc1ccc(C(=O)OC)cc1N.[B]C(=O)NCCC(=O)Nc1cc(C(=O)OC)ccc1NC.[B]C(=O)NCCC(=O)O.[B]C(=O)NCCc1nc2cc(C(=O)O)ccc2n1C.[B]C(=O)NCCc1nc2cc(C(=O)OC)ccc2n1C. The van der Waals surface area contributed by atoms with Crippen LogP contribution in [0.15, 0.2) is 72.8 Å². The Morgan fingerprint density at radius 3 is 1.41 bits per heavy atom. The third-order valence-corrected chi connectivity index (χ3v) is 11.7. The number of aliphatic carboxylic acids is 1. The van der Waals surface area contributed by atoms with Gasteiger partial charge < -0.3 is 76.5 Å². The van der Waals surface area contributed by atoms with Gasteiger partial charge in [-0.1, -0.05) is 11.0 Å². The number of methoxy groups -OCH3 is 3. The van der Waals surface area contributed by atoms with Gasteiger partial charge in [-0.15, -0.1) is 4.33 Å². The molecule has 0 atom stereocenters. The van der Waals surface area contributed by atoms with Crippen molar-refractivity contribution in [2.45, 2.75) is 32.6 Å². The number of aryl methyl sites for hydroxylation is 2. The molecule has 482 valence electrons. The highest BCUT2D eigenvalue weighted by molar-refractivity contribution is 7.99. The zero-order chi connectivity index (χ0) is 70.0. The van der Waals surface area contributed by atoms with Gasteiger partial charge in [0.05, 0.1) is 94.8 Å². The van der Waals surface area contributed by atoms with Crippen LogP contribution in [0.4, 0.5) is 41.9 Å². The Labute approximate surface area is 544 Å². The van der Waals surface area contributed by atoms with E-state index in [2.05, 4.69) is 113 Å². The molecule has 0 saturated heterocycles. The molecule has 12 N–H and O–H groups in total. The summed E-state index contributed by atoms with van der Waals surface area (Å²) in [5.74, 6) is 7.85. The number of nitrogen functional groups attached to an aromatic ring is 1. The van der Waals surface area contributed by atoms with Crippen LogP contribution in [0.5, 0.6) is 0 Å². The summed E-state index contributed by atoms with van der Waals surface area (Å²) in [7, 11) is 30.7. The second-order valence-corrected chi connectivity index (χ2v) is 18.1. The Morgan fingerprint density at radius 1 is 0.559 bits per heavy atom. The smallest absolute Gasteiger partial charge is 0.337 e. The van der Waals surface area contributed by atoms with Crippen LogP contribution in [0.25, 0.3) is 22.1 Å². The van der Waals surface area contributed by atoms with Crippen LogP contribution in [0, 0.1) is 34.9 Å². The van der Waals surface area contributed by atoms with Crippen molar-refractivity contribution >= 4 is 147 Å². The van der Waals surface area contributed by atoms with E-state index < -0.39 is 47.1 Å². The lowest BCUT2D eigenvalue weighted by molar-refractivity contribution is -0.431. The van der Waals surface area contributed by atoms with Gasteiger partial charge in [-0.05, 0) is 97.5 Å². The van der Waals surface area contributed by atoms with E-state index in [4.69, 9.17) is 44.7 Å². The maximum atomic E-state index is 11.8. The summed E-state index contributed by atoms with van der Waals surface area (Å²) in [5.41, 5.74) is 12.6. The summed E-state index contributed by atoms with van der Waals surface area (Å²) < 4.78 is 21.6. The molecule has 5 amide bonds. The van der Waals surface area contributed by atoms with Crippen LogP contribution < -0.4 is 43.0 Å². The summed E-state index contributed by atoms with van der Waals surface area (Å²) in [4.78, 5) is 117. The number of imidazole rings is 2. The van der Waals surface area contributed by atoms with Gasteiger partial charge in [0, 0.05) is 84.8 Å². The first-order valence-corrected chi connectivity index (χ1v) is 27.4. The number of aromatic nitrogens is 4. The van der Waals surface area contributed by atoms with Gasteiger partial charge in [-0.3, -0.25) is 28.8 Å². The van der Waals surface area contributed by atoms with Crippen molar-refractivity contribution < 1.29 is 87.0 Å². The van der Waals surface area contributed by atoms with E-state index in [1.807, 2.05) is 29.3 Å². The monoisotopic (exact) mass is 1290 g/mol. The van der Waals surface area contributed by atoms with Crippen molar-refractivity contribution in [2.24, 2.45) is 14.1 Å². The first-order valence-electron chi connectivity index (χ1n) is 26.7. The molecule has 6 aromatic rings. The average molecular weight is 1290 g/mol. The van der Waals surface area contributed by atoms with E-state index in [-0.39, 0.29) is 43.4 Å². The zero-order valence-electron chi connectivity index (χ0n) is 51.6. The lowest BCUT2D eigenvalue weighted by atomic mass is 10.1. The molecular weight excluding hydrogens is 1230 g/mol. The maximum Gasteiger partial charge on any atom is 0.337 e. The molecule has 30 nitrogen and oxygen atoms in total. The molecule has 93 heavy (non-hydrogen) atoms. The molecule has 2 aromatic heterocycles. The van der Waals surface area contributed by atoms with Crippen molar-refractivity contribution in [2.75, 3.05) is 83.3 Å². The number of amides is 5. The standard InChI is InChI=1S/C13H16BN3O4.C13H14BN3O3.C12H12BN3O3.C9H12N2O2.C7H4O3S.C4H6BNO3/c1-15-9-4-3-8(12(19)21-2)7-10(9)17-11(18)5-6-16-13(14)20;1-17-10-4-3-8(12(18)20-2)7-9(10)16-11(17)5-6-15-13(14)19;1-16-9-3-2-7(11(17)18)6-8(9)15-10(16)4-5-14-12(13)19;1-11-8-4-3-6(5-7(8)10)9(12)13-2;1-2-3-4-5-6-7-11-10-9-8;5-4(9)6-2-1-3(7)8/h3-4,7,15H,5-6H2,1-2H3,(H,16,20)(H,17,18);3-4,7H,5-6H2,1-2H3,(H,15,19);2-3,6H,4-5H2,1H3,(H,14,19)(H,17,18);3-5,11H,10H2,1-2H3;8H,1H3;1-2H2,(H,6,9)(H,7,8). The van der Waals surface area contributed by atoms with Crippen molar-refractivity contribution in [1.82, 2.24) is 40.4 Å². The second-order valence-electron chi connectivity index (χ2n) is 17.6. The Balaban J connectivity index is 0.000000572. The van der Waals surface area contributed by atoms with E-state index in [1.165, 1.54) is 39.5 Å². The number of nitrogens with one attached hydrogen (secondary N) is 7. The van der Waals surface area contributed by atoms with Crippen LogP contribution in [-0.4, -0.2) is 187 Å². The fourth-order valence-electron chi connectivity index (χ4n) is 7.07. The number of nitrogens with two attached hydrogens (primary N) is 1. The molecule has 2 heterocycles. The minimum absolute atomic E-state index is 0.0640. The molecule has 35 heteroatoms. The second kappa shape index (κ2) is 44.5. The lowest BCUT2D eigenvalue weighted by Crippen LogP contribution is -2.26. The molecule has 8 radical (unpaired) electrons. The lowest BCUT2D eigenvalue weighted by Gasteiger charge is -2.12. The van der Waals surface area contributed by atoms with E-state index in [1.54, 1.807) is 69.6 Å². The molecule has 0 unspecified atom stereocenters. The number of carboxylic acids is 2. The summed E-state index contributed by atoms with van der Waals surface area (Å²) >= 11 is 0.627. The summed E-state index contributed by atoms with van der Waals surface area (Å²) in [6.45, 7) is 2.70. The van der Waals surface area contributed by atoms with Crippen molar-refractivity contribution in [1.29, 1.82) is 0 Å². The number of benzene rings is 4. The number of hydrogen-bond acceptors (Lipinski definition) is 22. The number of rotatable bonds is 21. The molecule has 0 fully saturated rings. The minimum atomic E-state index is -0.982. The van der Waals surface area contributed by atoms with E-state index in [0.29, 0.717) is 82.8 Å². The summed E-state index contributed by atoms with van der Waals surface area (Å²) in [5, 5.41) is 48.1. The van der Waals surface area contributed by atoms with Gasteiger partial charge in [-0.25, -0.2) is 34.4 Å². The Morgan fingerprint density at radius 2 is 0.978 bits per heavy atom. The number of ether oxygens (including phenoxy) is 3. The predicted octanol–water partition coefficient (Wildman–Crippen LogP) is 3.67. The van der Waals surface area contributed by atoms with Gasteiger partial charge in [0.15, 0.2) is 54.6 Å². The van der Waals surface area contributed by atoms with Crippen LogP contribution in [0.3, 0.4) is 0 Å². The van der Waals surface area contributed by atoms with Crippen LogP contribution in [-0.2, 0) is 60.1 Å². The fraction of sp³-hybridized carbons (Fsp3) is 0.276. The van der Waals surface area contributed by atoms with Crippen molar-refractivity contribution in [3.63, 3.8) is 0 Å². The number of nitrogens with zero attached hydrogens (tertiary/aromatic N) is 4. The Hall–Kier alpha value is -10.9. The van der Waals surface area contributed by atoms with Crippen molar-refractivity contribution in [3.05, 3.63) is 107 Å². The van der Waals surface area contributed by atoms with Crippen LogP contribution >= 0.6 is 12.0 Å². The van der Waals surface area contributed by atoms with E-state index in [0.717, 1.165) is 28.4 Å². The molecule has 0 aliphatic rings. The molecule has 4 aromatic carbocycles. The van der Waals surface area contributed by atoms with Crippen LogP contribution in [0.1, 0.15) is 72.8 Å². The average Bonchev–Trinajstić information content (AvgIpc) is 1.69. The Kier molecular flexibility index (Phi) is 38.3. The topological polar surface area (TPSA) is 423 Å². The minimum Gasteiger partial charge on any atom is -0.481 e. The van der Waals surface area contributed by atoms with Crippen LogP contribution in [0.2, 0.25) is 0 Å². The van der Waals surface area contributed by atoms with Gasteiger partial charge >= 0.3 is 29.8 Å². The number of carbonyl (C=O) groups is 10. The third-order valence-electron chi connectivity index (χ3n) is 11.4. The number of anilines is 4. The highest BCUT2D eigenvalue weighted by atomic mass is 32.2. The summed E-state index contributed by atoms with van der Waals surface area (Å²) in [6, 6.07) is 19.7. The Bertz CT molecular complexity index is 3760. The van der Waals surface area contributed by atoms with E-state index >= 15 is 0 Å². The largest absolute Gasteiger partial charge is 0.481 e. The zero-order valence-corrected chi connectivity index (χ0v) is 52.5. The highest BCUT2D eigenvalue weighted by Crippen LogP contribution is 2.24. The van der Waals surface area contributed by atoms with E-state index in [9.17, 15) is 47.9 Å². The predicted molar refractivity (Wildman–Crippen MR) is 350 cm³/mol. The molecule has 0 aliphatic carbocycles. The summed E-state index contributed by atoms with van der Waals surface area (Å²) in [6.07, 6.45) is 1.05. The number of fused-ring (bicyclic) bond motifs is 2.